The van der Waals surface area contributed by atoms with Gasteiger partial charge in [0.15, 0.2) is 0 Å². The van der Waals surface area contributed by atoms with Gasteiger partial charge < -0.3 is 10.2 Å². The van der Waals surface area contributed by atoms with Gasteiger partial charge >= 0.3 is 0 Å². The molecule has 0 heterocycles. The largest absolute Gasteiger partial charge is 0.374 e. The number of nitrogens with zero attached hydrogens (tertiary/aromatic N) is 1. The van der Waals surface area contributed by atoms with Crippen LogP contribution in [-0.2, 0) is 6.54 Å². The van der Waals surface area contributed by atoms with Crippen molar-refractivity contribution >= 4 is 17.3 Å². The Kier molecular flexibility index (Phi) is 5.79. The molecular formula is C14H23ClN2. The van der Waals surface area contributed by atoms with Crippen molar-refractivity contribution in [1.29, 1.82) is 0 Å². The second kappa shape index (κ2) is 6.87. The van der Waals surface area contributed by atoms with Crippen LogP contribution in [0.4, 0.5) is 5.69 Å². The average Bonchev–Trinajstić information content (AvgIpc) is 2.26. The standard InChI is InChI=1S/C14H23ClN2/c1-5-8-17(4)14-7-6-13(15)9-12(14)10-16-11(2)3/h6-7,9,11,16H,5,8,10H2,1-4H3. The van der Waals surface area contributed by atoms with E-state index in [4.69, 9.17) is 11.6 Å². The number of hydrogen-bond acceptors (Lipinski definition) is 2. The van der Waals surface area contributed by atoms with E-state index in [0.29, 0.717) is 6.04 Å². The Morgan fingerprint density at radius 1 is 1.35 bits per heavy atom. The molecule has 0 unspecified atom stereocenters. The van der Waals surface area contributed by atoms with Crippen molar-refractivity contribution in [3.8, 4) is 0 Å². The van der Waals surface area contributed by atoms with Crippen molar-refractivity contribution in [3.63, 3.8) is 0 Å². The summed E-state index contributed by atoms with van der Waals surface area (Å²) in [7, 11) is 2.13. The molecule has 3 heteroatoms. The number of halogens is 1. The minimum atomic E-state index is 0.485. The molecule has 0 spiro atoms. The maximum absolute atomic E-state index is 6.07. The van der Waals surface area contributed by atoms with E-state index in [9.17, 15) is 0 Å². The molecule has 0 aliphatic rings. The highest BCUT2D eigenvalue weighted by Crippen LogP contribution is 2.23. The molecule has 0 amide bonds. The van der Waals surface area contributed by atoms with Crippen LogP contribution in [0, 0.1) is 0 Å². The fourth-order valence-electron chi connectivity index (χ4n) is 1.84. The highest BCUT2D eigenvalue weighted by atomic mass is 35.5. The first kappa shape index (κ1) is 14.3. The fourth-order valence-corrected chi connectivity index (χ4v) is 2.03. The fraction of sp³-hybridized carbons (Fsp3) is 0.571. The van der Waals surface area contributed by atoms with E-state index in [1.807, 2.05) is 6.07 Å². The predicted octanol–water partition coefficient (Wildman–Crippen LogP) is 3.68. The Labute approximate surface area is 110 Å². The lowest BCUT2D eigenvalue weighted by atomic mass is 10.1. The molecule has 2 nitrogen and oxygen atoms in total. The number of anilines is 1. The lowest BCUT2D eigenvalue weighted by Crippen LogP contribution is -2.25. The van der Waals surface area contributed by atoms with Crippen molar-refractivity contribution in [2.75, 3.05) is 18.5 Å². The summed E-state index contributed by atoms with van der Waals surface area (Å²) >= 11 is 6.07. The van der Waals surface area contributed by atoms with Crippen LogP contribution >= 0.6 is 11.6 Å². The van der Waals surface area contributed by atoms with E-state index < -0.39 is 0 Å². The summed E-state index contributed by atoms with van der Waals surface area (Å²) in [5.74, 6) is 0. The summed E-state index contributed by atoms with van der Waals surface area (Å²) in [5.41, 5.74) is 2.53. The summed E-state index contributed by atoms with van der Waals surface area (Å²) in [4.78, 5) is 2.29. The maximum Gasteiger partial charge on any atom is 0.0410 e. The third kappa shape index (κ3) is 4.57. The normalized spacial score (nSPS) is 10.9. The van der Waals surface area contributed by atoms with Crippen molar-refractivity contribution in [1.82, 2.24) is 5.32 Å². The van der Waals surface area contributed by atoms with Crippen LogP contribution < -0.4 is 10.2 Å². The molecule has 1 aromatic rings. The quantitative estimate of drug-likeness (QED) is 0.833. The van der Waals surface area contributed by atoms with E-state index in [0.717, 1.165) is 24.5 Å². The third-order valence-electron chi connectivity index (χ3n) is 2.71. The topological polar surface area (TPSA) is 15.3 Å². The Balaban J connectivity index is 2.87. The molecule has 0 radical (unpaired) electrons. The average molecular weight is 255 g/mol. The minimum Gasteiger partial charge on any atom is -0.374 e. The number of rotatable bonds is 6. The zero-order chi connectivity index (χ0) is 12.8. The summed E-state index contributed by atoms with van der Waals surface area (Å²) < 4.78 is 0. The van der Waals surface area contributed by atoms with Crippen LogP contribution in [0.1, 0.15) is 32.8 Å². The number of hydrogen-bond donors (Lipinski definition) is 1. The molecule has 96 valence electrons. The first-order valence-electron chi connectivity index (χ1n) is 6.27. The molecule has 0 bridgehead atoms. The molecule has 1 rings (SSSR count). The highest BCUT2D eigenvalue weighted by molar-refractivity contribution is 6.30. The van der Waals surface area contributed by atoms with Crippen molar-refractivity contribution < 1.29 is 0 Å². The van der Waals surface area contributed by atoms with Gasteiger partial charge in [-0.05, 0) is 30.2 Å². The molecule has 17 heavy (non-hydrogen) atoms. The molecule has 1 aromatic carbocycles. The van der Waals surface area contributed by atoms with E-state index in [1.54, 1.807) is 0 Å². The van der Waals surface area contributed by atoms with Gasteiger partial charge in [-0.3, -0.25) is 0 Å². The zero-order valence-electron chi connectivity index (χ0n) is 11.3. The predicted molar refractivity (Wildman–Crippen MR) is 77.0 cm³/mol. The first-order valence-corrected chi connectivity index (χ1v) is 6.65. The molecule has 0 aromatic heterocycles. The van der Waals surface area contributed by atoms with Crippen molar-refractivity contribution in [2.45, 2.75) is 39.8 Å². The van der Waals surface area contributed by atoms with Gasteiger partial charge in [0.2, 0.25) is 0 Å². The van der Waals surface area contributed by atoms with Crippen molar-refractivity contribution in [2.24, 2.45) is 0 Å². The Morgan fingerprint density at radius 2 is 2.06 bits per heavy atom. The third-order valence-corrected chi connectivity index (χ3v) is 2.95. The first-order chi connectivity index (χ1) is 8.04. The highest BCUT2D eigenvalue weighted by Gasteiger charge is 2.08. The molecule has 1 N–H and O–H groups in total. The molecule has 0 atom stereocenters. The number of benzene rings is 1. The van der Waals surface area contributed by atoms with E-state index in [2.05, 4.69) is 50.2 Å². The molecule has 0 saturated carbocycles. The molecular weight excluding hydrogens is 232 g/mol. The zero-order valence-corrected chi connectivity index (χ0v) is 12.0. The van der Waals surface area contributed by atoms with Crippen LogP contribution in [0.25, 0.3) is 0 Å². The summed E-state index contributed by atoms with van der Waals surface area (Å²) in [6.07, 6.45) is 1.15. The second-order valence-electron chi connectivity index (χ2n) is 4.73. The van der Waals surface area contributed by atoms with Gasteiger partial charge in [0, 0.05) is 36.9 Å². The van der Waals surface area contributed by atoms with Crippen molar-refractivity contribution in [3.05, 3.63) is 28.8 Å². The van der Waals surface area contributed by atoms with Gasteiger partial charge in [0.1, 0.15) is 0 Å². The van der Waals surface area contributed by atoms with E-state index in [-0.39, 0.29) is 0 Å². The Morgan fingerprint density at radius 3 is 2.65 bits per heavy atom. The molecule has 0 saturated heterocycles. The summed E-state index contributed by atoms with van der Waals surface area (Å²) in [6.45, 7) is 8.43. The molecule has 0 aliphatic carbocycles. The monoisotopic (exact) mass is 254 g/mol. The lowest BCUT2D eigenvalue weighted by Gasteiger charge is -2.23. The molecule has 0 fully saturated rings. The van der Waals surface area contributed by atoms with Gasteiger partial charge in [-0.15, -0.1) is 0 Å². The Hall–Kier alpha value is -0.730. The van der Waals surface area contributed by atoms with Gasteiger partial charge in [0.05, 0.1) is 0 Å². The van der Waals surface area contributed by atoms with Gasteiger partial charge in [-0.1, -0.05) is 32.4 Å². The lowest BCUT2D eigenvalue weighted by molar-refractivity contribution is 0.588. The van der Waals surface area contributed by atoms with Crippen LogP contribution in [0.3, 0.4) is 0 Å². The van der Waals surface area contributed by atoms with E-state index in [1.165, 1.54) is 11.3 Å². The van der Waals surface area contributed by atoms with Crippen LogP contribution in [-0.4, -0.2) is 19.6 Å². The smallest absolute Gasteiger partial charge is 0.0410 e. The SMILES string of the molecule is CCCN(C)c1ccc(Cl)cc1CNC(C)C. The second-order valence-corrected chi connectivity index (χ2v) is 5.17. The maximum atomic E-state index is 6.07. The Bertz CT molecular complexity index is 350. The van der Waals surface area contributed by atoms with E-state index >= 15 is 0 Å². The van der Waals surface area contributed by atoms with Crippen LogP contribution in [0.15, 0.2) is 18.2 Å². The minimum absolute atomic E-state index is 0.485. The van der Waals surface area contributed by atoms with Crippen LogP contribution in [0.5, 0.6) is 0 Å². The number of nitrogens with one attached hydrogen (secondary N) is 1. The van der Waals surface area contributed by atoms with Crippen LogP contribution in [0.2, 0.25) is 5.02 Å². The molecule has 0 aliphatic heterocycles. The summed E-state index contributed by atoms with van der Waals surface area (Å²) in [5, 5.41) is 4.25. The van der Waals surface area contributed by atoms with Gasteiger partial charge in [-0.25, -0.2) is 0 Å². The van der Waals surface area contributed by atoms with Gasteiger partial charge in [0.25, 0.3) is 0 Å². The van der Waals surface area contributed by atoms with Gasteiger partial charge in [-0.2, -0.15) is 0 Å². The summed E-state index contributed by atoms with van der Waals surface area (Å²) in [6, 6.07) is 6.61.